The Labute approximate surface area is 248 Å². The van der Waals surface area contributed by atoms with Gasteiger partial charge in [-0.25, -0.2) is 4.39 Å². The third-order valence-corrected chi connectivity index (χ3v) is 9.93. The molecule has 2 aromatic heterocycles. The van der Waals surface area contributed by atoms with Gasteiger partial charge in [0.05, 0.1) is 23.0 Å². The fraction of sp³-hybridized carbons (Fsp3) is 0.559. The van der Waals surface area contributed by atoms with E-state index in [1.807, 2.05) is 22.2 Å². The zero-order valence-corrected chi connectivity index (χ0v) is 25.5. The third kappa shape index (κ3) is 5.70. The molecule has 3 aliphatic rings. The number of amides is 2. The molecule has 1 aromatic carbocycles. The molecule has 7 nitrogen and oxygen atoms in total. The van der Waals surface area contributed by atoms with Crippen molar-refractivity contribution in [1.82, 2.24) is 24.3 Å². The normalized spacial score (nSPS) is 23.8. The second kappa shape index (κ2) is 11.8. The van der Waals surface area contributed by atoms with Crippen molar-refractivity contribution in [1.29, 1.82) is 0 Å². The first-order valence-electron chi connectivity index (χ1n) is 15.7. The van der Waals surface area contributed by atoms with Crippen LogP contribution in [-0.4, -0.2) is 81.4 Å². The van der Waals surface area contributed by atoms with Crippen LogP contribution in [0.1, 0.15) is 67.9 Å². The molecule has 3 aliphatic heterocycles. The maximum absolute atomic E-state index is 14.6. The van der Waals surface area contributed by atoms with E-state index in [2.05, 4.69) is 41.4 Å². The molecule has 0 saturated carbocycles. The minimum absolute atomic E-state index is 0.106. The van der Waals surface area contributed by atoms with Crippen LogP contribution < -0.4 is 0 Å². The molecule has 0 unspecified atom stereocenters. The lowest BCUT2D eigenvalue weighted by molar-refractivity contribution is -0.130. The molecular formula is C34H44FN5O2. The van der Waals surface area contributed by atoms with Crippen LogP contribution in [0.25, 0.3) is 16.6 Å². The van der Waals surface area contributed by atoms with Gasteiger partial charge in [0.1, 0.15) is 5.82 Å². The summed E-state index contributed by atoms with van der Waals surface area (Å²) in [4.78, 5) is 36.5. The molecule has 6 rings (SSSR count). The molecular weight excluding hydrogens is 529 g/mol. The topological polar surface area (TPSA) is 61.7 Å². The van der Waals surface area contributed by atoms with E-state index >= 15 is 0 Å². The number of carbonyl (C=O) groups is 2. The summed E-state index contributed by atoms with van der Waals surface area (Å²) < 4.78 is 16.6. The molecule has 0 aliphatic carbocycles. The van der Waals surface area contributed by atoms with E-state index in [0.29, 0.717) is 35.5 Å². The van der Waals surface area contributed by atoms with Crippen molar-refractivity contribution in [3.05, 3.63) is 59.3 Å². The van der Waals surface area contributed by atoms with Crippen LogP contribution in [0, 0.1) is 30.5 Å². The molecule has 2 amide bonds. The number of piperidine rings is 1. The summed E-state index contributed by atoms with van der Waals surface area (Å²) >= 11 is 0. The number of nitrogens with zero attached hydrogens (tertiary/aromatic N) is 5. The Morgan fingerprint density at radius 1 is 1.02 bits per heavy atom. The zero-order chi connectivity index (χ0) is 29.5. The zero-order valence-electron chi connectivity index (χ0n) is 25.5. The highest BCUT2D eigenvalue weighted by atomic mass is 19.1. The lowest BCUT2D eigenvalue weighted by atomic mass is 9.96. The van der Waals surface area contributed by atoms with Crippen LogP contribution >= 0.6 is 0 Å². The SMILES string of the molecule is CC(=O)N1CCC(CN2CC[C@@H](Cc3cn(-c4ccc(F)cc4C(=O)N4C[C@H](C)C[C@H]4C)c4cncc(C)c34)C2)CC1. The molecule has 0 radical (unpaired) electrons. The van der Waals surface area contributed by atoms with Gasteiger partial charge in [-0.2, -0.15) is 0 Å². The first-order valence-corrected chi connectivity index (χ1v) is 15.7. The minimum atomic E-state index is -0.397. The van der Waals surface area contributed by atoms with Gasteiger partial charge in [-0.15, -0.1) is 0 Å². The van der Waals surface area contributed by atoms with Crippen molar-refractivity contribution in [2.45, 2.75) is 65.8 Å². The van der Waals surface area contributed by atoms with E-state index in [1.54, 1.807) is 13.0 Å². The summed E-state index contributed by atoms with van der Waals surface area (Å²) in [6, 6.07) is 4.73. The highest BCUT2D eigenvalue weighted by molar-refractivity contribution is 5.99. The fourth-order valence-electron chi connectivity index (χ4n) is 7.77. The van der Waals surface area contributed by atoms with Crippen LogP contribution in [0.4, 0.5) is 4.39 Å². The Kier molecular flexibility index (Phi) is 8.09. The maximum atomic E-state index is 14.6. The van der Waals surface area contributed by atoms with Crippen molar-refractivity contribution in [2.24, 2.45) is 17.8 Å². The van der Waals surface area contributed by atoms with Crippen molar-refractivity contribution in [3.8, 4) is 5.69 Å². The molecule has 224 valence electrons. The number of aromatic nitrogens is 2. The van der Waals surface area contributed by atoms with Crippen LogP contribution in [0.5, 0.6) is 0 Å². The summed E-state index contributed by atoms with van der Waals surface area (Å²) in [6.45, 7) is 13.8. The van der Waals surface area contributed by atoms with Crippen LogP contribution in [0.15, 0.2) is 36.8 Å². The van der Waals surface area contributed by atoms with Crippen molar-refractivity contribution in [3.63, 3.8) is 0 Å². The Morgan fingerprint density at radius 3 is 2.50 bits per heavy atom. The van der Waals surface area contributed by atoms with Crippen molar-refractivity contribution in [2.75, 3.05) is 39.3 Å². The number of pyridine rings is 1. The van der Waals surface area contributed by atoms with Crippen LogP contribution in [0.3, 0.4) is 0 Å². The van der Waals surface area contributed by atoms with Gasteiger partial charge in [0.25, 0.3) is 5.91 Å². The Hall–Kier alpha value is -3.26. The van der Waals surface area contributed by atoms with Gasteiger partial charge in [0.2, 0.25) is 5.91 Å². The average Bonchev–Trinajstić information content (AvgIpc) is 3.66. The predicted octanol–water partition coefficient (Wildman–Crippen LogP) is 5.47. The van der Waals surface area contributed by atoms with E-state index in [9.17, 15) is 14.0 Å². The van der Waals surface area contributed by atoms with Crippen LogP contribution in [-0.2, 0) is 11.2 Å². The highest BCUT2D eigenvalue weighted by Gasteiger charge is 2.33. The third-order valence-electron chi connectivity index (χ3n) is 9.93. The van der Waals surface area contributed by atoms with E-state index in [0.717, 1.165) is 75.9 Å². The van der Waals surface area contributed by atoms with Gasteiger partial charge >= 0.3 is 0 Å². The van der Waals surface area contributed by atoms with Crippen molar-refractivity contribution >= 4 is 22.7 Å². The van der Waals surface area contributed by atoms with Crippen LogP contribution in [0.2, 0.25) is 0 Å². The number of fused-ring (bicyclic) bond motifs is 1. The number of rotatable bonds is 6. The standard InChI is InChI=1S/C34H44FN5O2/c1-22-13-24(3)39(18-22)34(42)30-15-29(35)5-6-31(30)40-21-28(33-23(2)16-36-17-32(33)40)14-27-7-10-37(20-27)19-26-8-11-38(12-9-26)25(4)41/h5-6,15-17,21-22,24,26-27H,7-14,18-20H2,1-4H3/t22-,24-,27+/m1/s1. The first kappa shape index (κ1) is 28.8. The van der Waals surface area contributed by atoms with Gasteiger partial charge in [-0.05, 0) is 99.6 Å². The van der Waals surface area contributed by atoms with Gasteiger partial charge < -0.3 is 19.3 Å². The average molecular weight is 574 g/mol. The summed E-state index contributed by atoms with van der Waals surface area (Å²) in [5.74, 6) is 1.33. The number of carbonyl (C=O) groups excluding carboxylic acids is 2. The summed E-state index contributed by atoms with van der Waals surface area (Å²) in [7, 11) is 0. The molecule has 0 N–H and O–H groups in total. The van der Waals surface area contributed by atoms with E-state index in [4.69, 9.17) is 0 Å². The lowest BCUT2D eigenvalue weighted by Gasteiger charge is -2.33. The van der Waals surface area contributed by atoms with Gasteiger partial charge in [-0.1, -0.05) is 6.92 Å². The Balaban J connectivity index is 1.24. The van der Waals surface area contributed by atoms with Crippen molar-refractivity contribution < 1.29 is 14.0 Å². The molecule has 3 fully saturated rings. The van der Waals surface area contributed by atoms with Gasteiger partial charge in [-0.3, -0.25) is 14.6 Å². The smallest absolute Gasteiger partial charge is 0.256 e. The molecule has 42 heavy (non-hydrogen) atoms. The molecule has 0 spiro atoms. The molecule has 3 saturated heterocycles. The summed E-state index contributed by atoms with van der Waals surface area (Å²) in [6.07, 6.45) is 11.2. The molecule has 3 aromatic rings. The first-order chi connectivity index (χ1) is 20.2. The van der Waals surface area contributed by atoms with E-state index in [1.165, 1.54) is 23.1 Å². The number of benzene rings is 1. The maximum Gasteiger partial charge on any atom is 0.256 e. The molecule has 5 heterocycles. The van der Waals surface area contributed by atoms with Gasteiger partial charge in [0, 0.05) is 63.5 Å². The molecule has 3 atom stereocenters. The monoisotopic (exact) mass is 573 g/mol. The van der Waals surface area contributed by atoms with Gasteiger partial charge in [0.15, 0.2) is 0 Å². The number of likely N-dealkylation sites (tertiary alicyclic amines) is 3. The molecule has 0 bridgehead atoms. The minimum Gasteiger partial charge on any atom is -0.343 e. The Bertz CT molecular complexity index is 1480. The highest BCUT2D eigenvalue weighted by Crippen LogP contribution is 2.34. The van der Waals surface area contributed by atoms with E-state index in [-0.39, 0.29) is 17.9 Å². The fourth-order valence-corrected chi connectivity index (χ4v) is 7.77. The number of hydrogen-bond acceptors (Lipinski definition) is 4. The number of aryl methyl sites for hydroxylation is 1. The molecule has 8 heteroatoms. The largest absolute Gasteiger partial charge is 0.343 e. The predicted molar refractivity (Wildman–Crippen MR) is 163 cm³/mol. The summed E-state index contributed by atoms with van der Waals surface area (Å²) in [5.41, 5.74) is 4.45. The Morgan fingerprint density at radius 2 is 1.79 bits per heavy atom. The van der Waals surface area contributed by atoms with E-state index < -0.39 is 5.82 Å². The number of hydrogen-bond donors (Lipinski definition) is 0. The second-order valence-corrected chi connectivity index (χ2v) is 13.3. The quantitative estimate of drug-likeness (QED) is 0.393. The second-order valence-electron chi connectivity index (χ2n) is 13.3. The number of halogens is 1. The lowest BCUT2D eigenvalue weighted by Crippen LogP contribution is -2.40. The summed E-state index contributed by atoms with van der Waals surface area (Å²) in [5, 5.41) is 1.19.